The third-order valence-corrected chi connectivity index (χ3v) is 4.94. The van der Waals surface area contributed by atoms with Crippen LogP contribution in [-0.4, -0.2) is 46.7 Å². The SMILES string of the molecule is CC1CCC(C(=O)O)CN1C(=O)C1CC2CCC1O2. The summed E-state index contributed by atoms with van der Waals surface area (Å²) in [7, 11) is 0. The second-order valence-corrected chi connectivity index (χ2v) is 6.17. The number of fused-ring (bicyclic) bond motifs is 2. The maximum Gasteiger partial charge on any atom is 0.308 e. The summed E-state index contributed by atoms with van der Waals surface area (Å²) in [6.07, 6.45) is 4.67. The van der Waals surface area contributed by atoms with E-state index in [1.54, 1.807) is 4.90 Å². The van der Waals surface area contributed by atoms with Crippen LogP contribution in [-0.2, 0) is 14.3 Å². The Labute approximate surface area is 112 Å². The third-order valence-electron chi connectivity index (χ3n) is 4.94. The quantitative estimate of drug-likeness (QED) is 0.818. The van der Waals surface area contributed by atoms with Gasteiger partial charge in [0, 0.05) is 12.6 Å². The zero-order valence-corrected chi connectivity index (χ0v) is 11.2. The van der Waals surface area contributed by atoms with Crippen molar-refractivity contribution in [2.45, 2.75) is 57.3 Å². The first-order valence-corrected chi connectivity index (χ1v) is 7.25. The lowest BCUT2D eigenvalue weighted by Gasteiger charge is -2.38. The molecule has 3 aliphatic rings. The van der Waals surface area contributed by atoms with Gasteiger partial charge in [-0.25, -0.2) is 0 Å². The first-order chi connectivity index (χ1) is 9.06. The molecule has 106 valence electrons. The van der Waals surface area contributed by atoms with Crippen LogP contribution in [0.3, 0.4) is 0 Å². The first-order valence-electron chi connectivity index (χ1n) is 7.25. The predicted molar refractivity (Wildman–Crippen MR) is 67.5 cm³/mol. The predicted octanol–water partition coefficient (Wildman–Crippen LogP) is 1.27. The normalized spacial score (nSPS) is 41.5. The van der Waals surface area contributed by atoms with Crippen molar-refractivity contribution in [3.63, 3.8) is 0 Å². The minimum atomic E-state index is -0.783. The van der Waals surface area contributed by atoms with Gasteiger partial charge in [-0.2, -0.15) is 0 Å². The van der Waals surface area contributed by atoms with Crippen LogP contribution in [0.2, 0.25) is 0 Å². The van der Waals surface area contributed by atoms with Crippen molar-refractivity contribution in [3.05, 3.63) is 0 Å². The summed E-state index contributed by atoms with van der Waals surface area (Å²) < 4.78 is 5.74. The van der Waals surface area contributed by atoms with E-state index < -0.39 is 11.9 Å². The molecule has 0 aromatic carbocycles. The van der Waals surface area contributed by atoms with Crippen LogP contribution in [0.15, 0.2) is 0 Å². The minimum absolute atomic E-state index is 0.0336. The monoisotopic (exact) mass is 267 g/mol. The highest BCUT2D eigenvalue weighted by atomic mass is 16.5. The fourth-order valence-electron chi connectivity index (χ4n) is 3.73. The maximum atomic E-state index is 12.6. The van der Waals surface area contributed by atoms with Crippen molar-refractivity contribution < 1.29 is 19.4 Å². The number of carbonyl (C=O) groups is 2. The summed E-state index contributed by atoms with van der Waals surface area (Å²) in [4.78, 5) is 25.5. The van der Waals surface area contributed by atoms with Gasteiger partial charge in [0.05, 0.1) is 24.0 Å². The van der Waals surface area contributed by atoms with Gasteiger partial charge in [-0.15, -0.1) is 0 Å². The molecule has 0 saturated carbocycles. The van der Waals surface area contributed by atoms with Gasteiger partial charge in [0.25, 0.3) is 0 Å². The van der Waals surface area contributed by atoms with Crippen LogP contribution in [0.5, 0.6) is 0 Å². The number of ether oxygens (including phenoxy) is 1. The molecule has 0 aromatic rings. The Morgan fingerprint density at radius 3 is 2.58 bits per heavy atom. The molecule has 0 aliphatic carbocycles. The fraction of sp³-hybridized carbons (Fsp3) is 0.857. The second-order valence-electron chi connectivity index (χ2n) is 6.17. The number of aliphatic carboxylic acids is 1. The molecule has 3 heterocycles. The highest BCUT2D eigenvalue weighted by Gasteiger charge is 2.47. The van der Waals surface area contributed by atoms with Crippen LogP contribution >= 0.6 is 0 Å². The van der Waals surface area contributed by atoms with Gasteiger partial charge in [0.1, 0.15) is 0 Å². The number of carbonyl (C=O) groups excluding carboxylic acids is 1. The summed E-state index contributed by atoms with van der Waals surface area (Å²) in [5.74, 6) is -1.10. The molecule has 5 nitrogen and oxygen atoms in total. The minimum Gasteiger partial charge on any atom is -0.481 e. The van der Waals surface area contributed by atoms with Crippen LogP contribution < -0.4 is 0 Å². The van der Waals surface area contributed by atoms with Gasteiger partial charge in [0.15, 0.2) is 0 Å². The highest BCUT2D eigenvalue weighted by Crippen LogP contribution is 2.40. The Kier molecular flexibility index (Phi) is 3.25. The molecule has 0 radical (unpaired) electrons. The largest absolute Gasteiger partial charge is 0.481 e. The van der Waals surface area contributed by atoms with Gasteiger partial charge in [0.2, 0.25) is 5.91 Å². The topological polar surface area (TPSA) is 66.8 Å². The number of piperidine rings is 1. The lowest BCUT2D eigenvalue weighted by molar-refractivity contribution is -0.149. The van der Waals surface area contributed by atoms with Gasteiger partial charge < -0.3 is 14.7 Å². The fourth-order valence-corrected chi connectivity index (χ4v) is 3.73. The van der Waals surface area contributed by atoms with Gasteiger partial charge in [-0.05, 0) is 39.0 Å². The molecule has 19 heavy (non-hydrogen) atoms. The highest BCUT2D eigenvalue weighted by molar-refractivity contribution is 5.81. The molecule has 5 unspecified atom stereocenters. The molecule has 0 spiro atoms. The number of hydrogen-bond acceptors (Lipinski definition) is 3. The van der Waals surface area contributed by atoms with E-state index in [4.69, 9.17) is 9.84 Å². The Morgan fingerprint density at radius 2 is 2.00 bits per heavy atom. The summed E-state index contributed by atoms with van der Waals surface area (Å²) in [5, 5.41) is 9.13. The standard InChI is InChI=1S/C14H21NO4/c1-8-2-3-9(14(17)18)7-15(8)13(16)11-6-10-4-5-12(11)19-10/h8-12H,2-7H2,1H3,(H,17,18). The number of nitrogens with zero attached hydrogens (tertiary/aromatic N) is 1. The zero-order valence-electron chi connectivity index (χ0n) is 11.2. The van der Waals surface area contributed by atoms with E-state index in [0.717, 1.165) is 25.7 Å². The second kappa shape index (κ2) is 4.78. The number of likely N-dealkylation sites (tertiary alicyclic amines) is 1. The average molecular weight is 267 g/mol. The number of carboxylic acids is 1. The van der Waals surface area contributed by atoms with Crippen molar-refractivity contribution in [1.29, 1.82) is 0 Å². The van der Waals surface area contributed by atoms with Gasteiger partial charge in [-0.3, -0.25) is 9.59 Å². The Hall–Kier alpha value is -1.10. The van der Waals surface area contributed by atoms with Crippen LogP contribution in [0.1, 0.15) is 39.0 Å². The molecular weight excluding hydrogens is 246 g/mol. The molecule has 1 amide bonds. The lowest BCUT2D eigenvalue weighted by atomic mass is 9.86. The molecule has 0 aromatic heterocycles. The van der Waals surface area contributed by atoms with Gasteiger partial charge >= 0.3 is 5.97 Å². The molecule has 5 heteroatoms. The smallest absolute Gasteiger partial charge is 0.308 e. The number of amides is 1. The van der Waals surface area contributed by atoms with E-state index in [1.807, 2.05) is 6.92 Å². The van der Waals surface area contributed by atoms with Crippen molar-refractivity contribution in [2.75, 3.05) is 6.54 Å². The van der Waals surface area contributed by atoms with Crippen LogP contribution in [0.25, 0.3) is 0 Å². The number of hydrogen-bond donors (Lipinski definition) is 1. The molecule has 5 atom stereocenters. The summed E-state index contributed by atoms with van der Waals surface area (Å²) in [6, 6.07) is 0.155. The molecule has 3 aliphatic heterocycles. The maximum absolute atomic E-state index is 12.6. The Morgan fingerprint density at radius 1 is 1.21 bits per heavy atom. The average Bonchev–Trinajstić information content (AvgIpc) is 3.00. The van der Waals surface area contributed by atoms with Crippen LogP contribution in [0, 0.1) is 11.8 Å². The van der Waals surface area contributed by atoms with Crippen molar-refractivity contribution in [3.8, 4) is 0 Å². The van der Waals surface area contributed by atoms with E-state index in [1.165, 1.54) is 0 Å². The summed E-state index contributed by atoms with van der Waals surface area (Å²) in [5.41, 5.74) is 0. The Balaban J connectivity index is 1.69. The van der Waals surface area contributed by atoms with E-state index in [9.17, 15) is 9.59 Å². The van der Waals surface area contributed by atoms with E-state index in [2.05, 4.69) is 0 Å². The molecule has 3 fully saturated rings. The number of rotatable bonds is 2. The summed E-state index contributed by atoms with van der Waals surface area (Å²) >= 11 is 0. The number of carboxylic acid groups (broad SMARTS) is 1. The van der Waals surface area contributed by atoms with Crippen molar-refractivity contribution in [1.82, 2.24) is 4.90 Å². The molecule has 2 bridgehead atoms. The first kappa shape index (κ1) is 12.9. The van der Waals surface area contributed by atoms with E-state index >= 15 is 0 Å². The Bertz CT molecular complexity index is 397. The molecule has 3 rings (SSSR count). The summed E-state index contributed by atoms with van der Waals surface area (Å²) in [6.45, 7) is 2.38. The molecular formula is C14H21NO4. The van der Waals surface area contributed by atoms with Gasteiger partial charge in [-0.1, -0.05) is 0 Å². The molecule has 1 N–H and O–H groups in total. The van der Waals surface area contributed by atoms with Crippen LogP contribution in [0.4, 0.5) is 0 Å². The zero-order chi connectivity index (χ0) is 13.6. The van der Waals surface area contributed by atoms with Crippen molar-refractivity contribution >= 4 is 11.9 Å². The third kappa shape index (κ3) is 2.24. The van der Waals surface area contributed by atoms with E-state index in [-0.39, 0.29) is 30.1 Å². The lowest BCUT2D eigenvalue weighted by Crippen LogP contribution is -2.50. The molecule has 3 saturated heterocycles. The van der Waals surface area contributed by atoms with Crippen molar-refractivity contribution in [2.24, 2.45) is 11.8 Å². The van der Waals surface area contributed by atoms with E-state index in [0.29, 0.717) is 13.0 Å².